The third-order valence-corrected chi connectivity index (χ3v) is 14.5. The van der Waals surface area contributed by atoms with Gasteiger partial charge in [0.05, 0.1) is 45.1 Å². The van der Waals surface area contributed by atoms with Crippen LogP contribution in [0.2, 0.25) is 0 Å². The van der Waals surface area contributed by atoms with E-state index in [4.69, 9.17) is 34.9 Å². The summed E-state index contributed by atoms with van der Waals surface area (Å²) in [6.07, 6.45) is -8.74. The average molecular weight is 1080 g/mol. The van der Waals surface area contributed by atoms with Crippen LogP contribution >= 0.6 is 0 Å². The zero-order valence-corrected chi connectivity index (χ0v) is 42.8. The number of alkyl halides is 6. The zero-order chi connectivity index (χ0) is 55.7. The Balaban J connectivity index is 0.976. The van der Waals surface area contributed by atoms with Crippen LogP contribution in [-0.4, -0.2) is 44.0 Å². The molecule has 15 heteroatoms. The summed E-state index contributed by atoms with van der Waals surface area (Å²) in [4.78, 5) is 34.6. The lowest BCUT2D eigenvalue weighted by Crippen LogP contribution is -2.11. The van der Waals surface area contributed by atoms with Crippen LogP contribution in [-0.2, 0) is 12.4 Å². The summed E-state index contributed by atoms with van der Waals surface area (Å²) in [7, 11) is 0. The second kappa shape index (κ2) is 19.6. The first-order valence-electron chi connectivity index (χ1n) is 26.0. The van der Waals surface area contributed by atoms with Gasteiger partial charge in [-0.1, -0.05) is 158 Å². The van der Waals surface area contributed by atoms with Gasteiger partial charge >= 0.3 is 12.4 Å². The molecular weight excluding hydrogens is 1040 g/mol. The second-order valence-corrected chi connectivity index (χ2v) is 19.6. The predicted molar refractivity (Wildman–Crippen MR) is 308 cm³/mol. The first-order valence-corrected chi connectivity index (χ1v) is 26.0. The number of pyridine rings is 1. The Morgan fingerprint density at radius 3 is 1.02 bits per heavy atom. The summed E-state index contributed by atoms with van der Waals surface area (Å²) in [5.41, 5.74) is 4.10. The van der Waals surface area contributed by atoms with Gasteiger partial charge in [0.25, 0.3) is 0 Å². The molecule has 0 fully saturated rings. The van der Waals surface area contributed by atoms with E-state index in [0.717, 1.165) is 50.5 Å². The van der Waals surface area contributed by atoms with Crippen molar-refractivity contribution in [2.45, 2.75) is 12.4 Å². The van der Waals surface area contributed by atoms with Crippen molar-refractivity contribution in [2.75, 3.05) is 0 Å². The Morgan fingerprint density at radius 2 is 0.622 bits per heavy atom. The van der Waals surface area contributed by atoms with E-state index in [1.165, 1.54) is 6.20 Å². The van der Waals surface area contributed by atoms with Crippen LogP contribution in [0.5, 0.6) is 0 Å². The fraction of sp³-hybridized carbons (Fsp3) is 0.0299. The van der Waals surface area contributed by atoms with Gasteiger partial charge in [-0.3, -0.25) is 4.57 Å². The molecule has 9 aromatic carbocycles. The van der Waals surface area contributed by atoms with E-state index in [9.17, 15) is 26.3 Å². The molecular formula is C67H39F6N9. The SMILES string of the molecule is FC(F)(F)c1cc(-c2cc(-n3c4ccccc4c4cc(-c5nc(-c6ccccc6)nc(-c6ccccc6)n5)ccc43)ncc2-n2c3ccccc3c3cc(-c4nc(-c5ccccc5)nc(-c5ccccc5)n4)ccc32)cc(C(F)(F)F)c1. The summed E-state index contributed by atoms with van der Waals surface area (Å²) in [6, 6.07) is 68.0. The van der Waals surface area contributed by atoms with Crippen molar-refractivity contribution >= 4 is 43.6 Å². The quantitative estimate of drug-likeness (QED) is 0.133. The third kappa shape index (κ3) is 8.94. The molecule has 0 amide bonds. The standard InChI is InChI=1S/C67H39F6N9/c68-66(69,70)47-33-46(34-48(37-47)67(71,72)73)51-38-59(82-55-28-16-14-26-50(55)53-36-45(30-32-57(53)82)65-79-62(42-21-9-3-10-22-42)76-63(80-65)43-23-11-4-12-24-43)74-39-58(51)81-54-27-15-13-25-49(54)52-35-44(29-31-56(52)81)64-77-60(40-17-5-1-6-18-40)75-61(78-64)41-19-7-2-8-20-41/h1-39H. The van der Waals surface area contributed by atoms with Crippen molar-refractivity contribution < 1.29 is 26.3 Å². The van der Waals surface area contributed by atoms with E-state index in [1.54, 1.807) is 6.07 Å². The van der Waals surface area contributed by atoms with Crippen molar-refractivity contribution in [3.05, 3.63) is 248 Å². The lowest BCUT2D eigenvalue weighted by molar-refractivity contribution is -0.143. The molecule has 0 atom stereocenters. The van der Waals surface area contributed by atoms with Crippen LogP contribution in [0.4, 0.5) is 26.3 Å². The molecule has 0 aliphatic heterocycles. The molecule has 0 radical (unpaired) electrons. The minimum Gasteiger partial charge on any atom is -0.307 e. The summed E-state index contributed by atoms with van der Waals surface area (Å²) in [5.74, 6) is 2.93. The monoisotopic (exact) mass is 1080 g/mol. The normalized spacial score (nSPS) is 12.0. The van der Waals surface area contributed by atoms with E-state index in [2.05, 4.69) is 0 Å². The maximum atomic E-state index is 14.9. The zero-order valence-electron chi connectivity index (χ0n) is 42.8. The number of aromatic nitrogens is 9. The number of para-hydroxylation sites is 2. The highest BCUT2D eigenvalue weighted by Crippen LogP contribution is 2.44. The average Bonchev–Trinajstić information content (AvgIpc) is 3.98. The molecule has 0 aliphatic rings. The first-order chi connectivity index (χ1) is 39.9. The maximum Gasteiger partial charge on any atom is 0.416 e. The third-order valence-electron chi connectivity index (χ3n) is 14.5. The van der Waals surface area contributed by atoms with Crippen molar-refractivity contribution in [1.82, 2.24) is 44.0 Å². The number of halogens is 6. The van der Waals surface area contributed by atoms with Crippen molar-refractivity contribution in [3.8, 4) is 91.0 Å². The van der Waals surface area contributed by atoms with Gasteiger partial charge in [-0.25, -0.2) is 34.9 Å². The number of rotatable bonds is 9. The van der Waals surface area contributed by atoms with Gasteiger partial charge in [-0.15, -0.1) is 0 Å². The van der Waals surface area contributed by atoms with Crippen LogP contribution in [0.3, 0.4) is 0 Å². The molecule has 0 N–H and O–H groups in total. The van der Waals surface area contributed by atoms with Crippen molar-refractivity contribution in [3.63, 3.8) is 0 Å². The van der Waals surface area contributed by atoms with Crippen LogP contribution in [0.15, 0.2) is 237 Å². The molecule has 0 unspecified atom stereocenters. The van der Waals surface area contributed by atoms with E-state index in [-0.39, 0.29) is 28.7 Å². The summed E-state index contributed by atoms with van der Waals surface area (Å²) in [5, 5.41) is 3.03. The Kier molecular flexibility index (Phi) is 11.9. The number of fused-ring (bicyclic) bond motifs is 6. The summed E-state index contributed by atoms with van der Waals surface area (Å²) in [6.45, 7) is 0. The number of hydrogen-bond acceptors (Lipinski definition) is 7. The molecule has 5 heterocycles. The minimum absolute atomic E-state index is 0.0559. The minimum atomic E-state index is -5.13. The largest absolute Gasteiger partial charge is 0.416 e. The van der Waals surface area contributed by atoms with E-state index >= 15 is 0 Å². The van der Waals surface area contributed by atoms with Crippen LogP contribution in [0, 0.1) is 0 Å². The Bertz CT molecular complexity index is 4630. The Hall–Kier alpha value is -10.7. The highest BCUT2D eigenvalue weighted by molar-refractivity contribution is 6.12. The first kappa shape index (κ1) is 49.6. The molecule has 394 valence electrons. The second-order valence-electron chi connectivity index (χ2n) is 19.6. The number of nitrogens with zero attached hydrogens (tertiary/aromatic N) is 9. The lowest BCUT2D eigenvalue weighted by Gasteiger charge is -2.19. The highest BCUT2D eigenvalue weighted by Gasteiger charge is 2.37. The highest BCUT2D eigenvalue weighted by atomic mass is 19.4. The maximum absolute atomic E-state index is 14.9. The molecule has 14 aromatic rings. The number of benzene rings is 9. The molecule has 5 aromatic heterocycles. The van der Waals surface area contributed by atoms with E-state index < -0.39 is 23.5 Å². The van der Waals surface area contributed by atoms with E-state index in [1.807, 2.05) is 215 Å². The molecule has 9 nitrogen and oxygen atoms in total. The molecule has 0 aliphatic carbocycles. The molecule has 0 bridgehead atoms. The summed E-state index contributed by atoms with van der Waals surface area (Å²) < 4.78 is 92.9. The van der Waals surface area contributed by atoms with Gasteiger partial charge < -0.3 is 4.57 Å². The van der Waals surface area contributed by atoms with Crippen molar-refractivity contribution in [2.24, 2.45) is 0 Å². The lowest BCUT2D eigenvalue weighted by atomic mass is 9.98. The van der Waals surface area contributed by atoms with Crippen LogP contribution in [0.1, 0.15) is 11.1 Å². The van der Waals surface area contributed by atoms with Gasteiger partial charge in [-0.05, 0) is 78.4 Å². The van der Waals surface area contributed by atoms with Crippen molar-refractivity contribution in [1.29, 1.82) is 0 Å². The topological polar surface area (TPSA) is 100 Å². The fourth-order valence-corrected chi connectivity index (χ4v) is 10.7. The number of hydrogen-bond donors (Lipinski definition) is 0. The fourth-order valence-electron chi connectivity index (χ4n) is 10.7. The smallest absolute Gasteiger partial charge is 0.307 e. The molecule has 0 saturated heterocycles. The Morgan fingerprint density at radius 1 is 0.280 bits per heavy atom. The predicted octanol–water partition coefficient (Wildman–Crippen LogP) is 17.4. The molecule has 0 spiro atoms. The molecule has 14 rings (SSSR count). The summed E-state index contributed by atoms with van der Waals surface area (Å²) >= 11 is 0. The van der Waals surface area contributed by atoms with Gasteiger partial charge in [-0.2, -0.15) is 26.3 Å². The van der Waals surface area contributed by atoms with Gasteiger partial charge in [0, 0.05) is 60.5 Å². The van der Waals surface area contributed by atoms with Crippen LogP contribution < -0.4 is 0 Å². The van der Waals surface area contributed by atoms with Gasteiger partial charge in [0.1, 0.15) is 5.82 Å². The van der Waals surface area contributed by atoms with Gasteiger partial charge in [0.2, 0.25) is 0 Å². The Labute approximate surface area is 463 Å². The van der Waals surface area contributed by atoms with E-state index in [0.29, 0.717) is 73.5 Å². The molecule has 82 heavy (non-hydrogen) atoms. The van der Waals surface area contributed by atoms with Gasteiger partial charge in [0.15, 0.2) is 34.9 Å². The molecule has 0 saturated carbocycles. The van der Waals surface area contributed by atoms with Crippen LogP contribution in [0.25, 0.3) is 135 Å².